The standard InChI is InChI=1S/C86H60Si2/c1-13-37-63(38-14-1)75(81(69-49-25-7-26-50-69)87-83(71-53-29-9-30-54-71)77(65-41-17-3-18-42-65)78(66-43-19-4-20-44-66)84(87)72-55-31-10-32-56-72)61-62-76(64-39-15-2-16-40-64)82(70-51-27-8-28-52-70)88-85(73-57-33-11-34-58-73)79(67-45-21-5-22-46-67)80(68-47-23-6-24-48-68)86(88)74-59-35-12-36-60-74/h1-60H/b81-75-,82-76?. The van der Waals surface area contributed by atoms with E-state index in [4.69, 9.17) is 0 Å². The third kappa shape index (κ3) is 10.9. The molecule has 0 unspecified atom stereocenters. The maximum absolute atomic E-state index is 4.27. The Labute approximate surface area is 521 Å². The molecule has 12 aromatic carbocycles. The van der Waals surface area contributed by atoms with Gasteiger partial charge in [0.2, 0.25) is 0 Å². The Morgan fingerprint density at radius 2 is 0.330 bits per heavy atom. The average molecular weight is 1150 g/mol. The summed E-state index contributed by atoms with van der Waals surface area (Å²) >= 11 is 0. The number of allylic oxidation sites excluding steroid dienone is 6. The van der Waals surface area contributed by atoms with E-state index in [0.717, 1.165) is 33.4 Å². The van der Waals surface area contributed by atoms with Gasteiger partial charge in [-0.25, -0.2) is 0 Å². The summed E-state index contributed by atoms with van der Waals surface area (Å²) in [6, 6.07) is 134. The van der Waals surface area contributed by atoms with Gasteiger partial charge in [0.25, 0.3) is 0 Å². The molecule has 14 rings (SSSR count). The molecule has 0 fully saturated rings. The van der Waals surface area contributed by atoms with Gasteiger partial charge >= 0.3 is 0 Å². The van der Waals surface area contributed by atoms with E-state index in [1.54, 1.807) is 0 Å². The summed E-state index contributed by atoms with van der Waals surface area (Å²) < 4.78 is 0. The van der Waals surface area contributed by atoms with Crippen LogP contribution in [0.5, 0.6) is 0 Å². The van der Waals surface area contributed by atoms with Gasteiger partial charge in [0.05, 0.1) is 0 Å². The topological polar surface area (TPSA) is 0 Å². The lowest BCUT2D eigenvalue weighted by Crippen LogP contribution is -2.21. The molecule has 0 N–H and O–H groups in total. The monoisotopic (exact) mass is 1150 g/mol. The largest absolute Gasteiger partial charge is 0.160 e. The quantitative estimate of drug-likeness (QED) is 0.0578. The van der Waals surface area contributed by atoms with Crippen molar-refractivity contribution >= 4 is 82.2 Å². The van der Waals surface area contributed by atoms with Crippen LogP contribution < -0.4 is 0 Å². The highest BCUT2D eigenvalue weighted by atomic mass is 28.3. The molecular weight excluding hydrogens is 1090 g/mol. The first-order valence-corrected chi connectivity index (χ1v) is 33.2. The lowest BCUT2D eigenvalue weighted by molar-refractivity contribution is 1.58. The number of benzene rings is 12. The zero-order valence-corrected chi connectivity index (χ0v) is 50.6. The molecule has 2 heteroatoms. The van der Waals surface area contributed by atoms with Crippen LogP contribution in [-0.2, 0) is 0 Å². The van der Waals surface area contributed by atoms with Gasteiger partial charge < -0.3 is 0 Å². The molecule has 2 radical (unpaired) electrons. The average Bonchev–Trinajstić information content (AvgIpc) is 1.63. The molecule has 0 amide bonds. The summed E-state index contributed by atoms with van der Waals surface area (Å²) in [5.74, 6) is 8.54. The van der Waals surface area contributed by atoms with Crippen LogP contribution in [0.2, 0.25) is 0 Å². The van der Waals surface area contributed by atoms with Gasteiger partial charge in [-0.2, -0.15) is 0 Å². The first-order chi connectivity index (χ1) is 43.8. The van der Waals surface area contributed by atoms with E-state index in [-0.39, 0.29) is 0 Å². The summed E-state index contributed by atoms with van der Waals surface area (Å²) in [4.78, 5) is 0. The first kappa shape index (κ1) is 55.0. The highest BCUT2D eigenvalue weighted by molar-refractivity contribution is 7.13. The number of rotatable bonds is 14. The molecule has 0 aromatic heterocycles. The molecule has 2 heterocycles. The molecule has 0 bridgehead atoms. The Balaban J connectivity index is 1.17. The van der Waals surface area contributed by atoms with Crippen molar-refractivity contribution in [3.8, 4) is 11.8 Å². The summed E-state index contributed by atoms with van der Waals surface area (Å²) in [6.45, 7) is 0. The first-order valence-electron chi connectivity index (χ1n) is 30.2. The van der Waals surface area contributed by atoms with Crippen molar-refractivity contribution in [3.63, 3.8) is 0 Å². The van der Waals surface area contributed by atoms with Crippen molar-refractivity contribution < 1.29 is 0 Å². The van der Waals surface area contributed by atoms with Gasteiger partial charge in [0.15, 0.2) is 17.6 Å². The molecule has 0 atom stereocenters. The fourth-order valence-electron chi connectivity index (χ4n) is 12.8. The minimum absolute atomic E-state index is 1.00. The maximum atomic E-state index is 4.27. The number of hydrogen-bond acceptors (Lipinski definition) is 0. The number of hydrogen-bond donors (Lipinski definition) is 0. The second-order valence-corrected chi connectivity index (χ2v) is 26.4. The maximum Gasteiger partial charge on any atom is 0.160 e. The van der Waals surface area contributed by atoms with E-state index in [0.29, 0.717) is 0 Å². The van der Waals surface area contributed by atoms with Gasteiger partial charge in [0.1, 0.15) is 0 Å². The summed E-state index contributed by atoms with van der Waals surface area (Å²) in [5, 5.41) is 7.80. The van der Waals surface area contributed by atoms with Crippen LogP contribution in [0.4, 0.5) is 0 Å². The smallest absolute Gasteiger partial charge is 0.0622 e. The van der Waals surface area contributed by atoms with Gasteiger partial charge in [0, 0.05) is 11.1 Å². The zero-order chi connectivity index (χ0) is 58.9. The fraction of sp³-hybridized carbons (Fsp3) is 0. The normalized spacial score (nSPS) is 14.1. The SMILES string of the molecule is C(#C/C(=C(\c1ccccc1)[Si]1C(c2ccccc2)=C(c2ccccc2)C(c2ccccc2)=C1c1ccccc1)c1ccccc1)C(=C(c1ccccc1)[Si]1C(c2ccccc2)=C(c2ccccc2)C(c2ccccc2)=C1c1ccccc1)c1ccccc1. The molecule has 0 nitrogen and oxygen atoms in total. The molecule has 2 aliphatic rings. The molecule has 0 saturated heterocycles. The van der Waals surface area contributed by atoms with Crippen LogP contribution in [-0.4, -0.2) is 17.6 Å². The molecule has 0 aliphatic carbocycles. The molecule has 2 aliphatic heterocycles. The highest BCUT2D eigenvalue weighted by Crippen LogP contribution is 2.57. The Bertz CT molecular complexity index is 4160. The van der Waals surface area contributed by atoms with E-state index >= 15 is 0 Å². The predicted octanol–water partition coefficient (Wildman–Crippen LogP) is 20.9. The Morgan fingerprint density at radius 1 is 0.170 bits per heavy atom. The van der Waals surface area contributed by atoms with E-state index in [1.807, 2.05) is 0 Å². The third-order valence-electron chi connectivity index (χ3n) is 16.6. The minimum Gasteiger partial charge on any atom is -0.0622 e. The van der Waals surface area contributed by atoms with Gasteiger partial charge in [-0.1, -0.05) is 376 Å². The van der Waals surface area contributed by atoms with Crippen molar-refractivity contribution in [2.24, 2.45) is 0 Å². The summed E-state index contributed by atoms with van der Waals surface area (Å²) in [6.07, 6.45) is 0. The fourth-order valence-corrected chi connectivity index (χ4v) is 20.1. The van der Waals surface area contributed by atoms with Crippen LogP contribution in [0.3, 0.4) is 0 Å². The van der Waals surface area contributed by atoms with E-state index in [1.165, 1.54) is 98.0 Å². The predicted molar refractivity (Wildman–Crippen MR) is 377 cm³/mol. The zero-order valence-electron chi connectivity index (χ0n) is 48.6. The molecule has 412 valence electrons. The minimum atomic E-state index is -2.07. The summed E-state index contributed by atoms with van der Waals surface area (Å²) in [7, 11) is -4.14. The van der Waals surface area contributed by atoms with Crippen molar-refractivity contribution in [2.45, 2.75) is 0 Å². The second-order valence-electron chi connectivity index (χ2n) is 21.9. The third-order valence-corrected chi connectivity index (χ3v) is 22.8. The van der Waals surface area contributed by atoms with E-state index in [2.05, 4.69) is 376 Å². The molecule has 88 heavy (non-hydrogen) atoms. The van der Waals surface area contributed by atoms with Crippen LogP contribution in [0.15, 0.2) is 364 Å². The molecule has 12 aromatic rings. The van der Waals surface area contributed by atoms with Crippen LogP contribution in [0, 0.1) is 11.8 Å². The molecule has 0 spiro atoms. The van der Waals surface area contributed by atoms with Gasteiger partial charge in [-0.3, -0.25) is 0 Å². The molecular formula is C86H60Si2. The van der Waals surface area contributed by atoms with Gasteiger partial charge in [-0.15, -0.1) is 0 Å². The van der Waals surface area contributed by atoms with E-state index in [9.17, 15) is 0 Å². The van der Waals surface area contributed by atoms with Crippen molar-refractivity contribution in [1.82, 2.24) is 0 Å². The Kier molecular flexibility index (Phi) is 16.1. The van der Waals surface area contributed by atoms with Crippen LogP contribution in [0.25, 0.3) is 64.6 Å². The lowest BCUT2D eigenvalue weighted by atomic mass is 9.89. The Morgan fingerprint density at radius 3 is 0.523 bits per heavy atom. The van der Waals surface area contributed by atoms with Gasteiger partial charge in [-0.05, 0) is 120 Å². The van der Waals surface area contributed by atoms with Crippen LogP contribution >= 0.6 is 0 Å². The summed E-state index contributed by atoms with van der Waals surface area (Å²) in [5.41, 5.74) is 21.0. The van der Waals surface area contributed by atoms with Crippen molar-refractivity contribution in [3.05, 3.63) is 431 Å². The molecule has 0 saturated carbocycles. The Hall–Kier alpha value is -10.9. The van der Waals surface area contributed by atoms with Crippen LogP contribution in [0.1, 0.15) is 66.8 Å². The highest BCUT2D eigenvalue weighted by Gasteiger charge is 2.44. The second kappa shape index (κ2) is 25.7. The van der Waals surface area contributed by atoms with E-state index < -0.39 is 17.6 Å². The van der Waals surface area contributed by atoms with Crippen molar-refractivity contribution in [2.75, 3.05) is 0 Å². The van der Waals surface area contributed by atoms with Crippen molar-refractivity contribution in [1.29, 1.82) is 0 Å². The lowest BCUT2D eigenvalue weighted by Gasteiger charge is -2.26.